The summed E-state index contributed by atoms with van der Waals surface area (Å²) >= 11 is 3.37. The van der Waals surface area contributed by atoms with Gasteiger partial charge in [0.15, 0.2) is 0 Å². The molecule has 0 radical (unpaired) electrons. The molecule has 1 aliphatic carbocycles. The van der Waals surface area contributed by atoms with Gasteiger partial charge in [0.25, 0.3) is 0 Å². The Morgan fingerprint density at radius 2 is 2.00 bits per heavy atom. The van der Waals surface area contributed by atoms with E-state index in [0.29, 0.717) is 11.6 Å². The predicted molar refractivity (Wildman–Crippen MR) is 75.5 cm³/mol. The molecule has 1 N–H and O–H groups in total. The Morgan fingerprint density at radius 3 is 2.78 bits per heavy atom. The maximum absolute atomic E-state index is 13.6. The number of benzene rings is 2. The summed E-state index contributed by atoms with van der Waals surface area (Å²) in [4.78, 5) is 0. The smallest absolute Gasteiger partial charge is 0.147 e. The first-order valence-corrected chi connectivity index (χ1v) is 6.80. The molecule has 2 aromatic carbocycles. The van der Waals surface area contributed by atoms with Gasteiger partial charge in [-0.05, 0) is 45.6 Å². The van der Waals surface area contributed by atoms with E-state index in [2.05, 4.69) is 45.5 Å². The fourth-order valence-electron chi connectivity index (χ4n) is 2.44. The number of halogens is 2. The van der Waals surface area contributed by atoms with Crippen LogP contribution in [-0.2, 0) is 6.42 Å². The van der Waals surface area contributed by atoms with Crippen molar-refractivity contribution >= 4 is 21.6 Å². The summed E-state index contributed by atoms with van der Waals surface area (Å²) in [6, 6.07) is 13.5. The van der Waals surface area contributed by atoms with Crippen molar-refractivity contribution in [1.29, 1.82) is 0 Å². The van der Waals surface area contributed by atoms with Crippen molar-refractivity contribution in [3.63, 3.8) is 0 Å². The van der Waals surface area contributed by atoms with Crippen molar-refractivity contribution in [3.05, 3.63) is 63.9 Å². The van der Waals surface area contributed by atoms with Gasteiger partial charge in [0.1, 0.15) is 5.82 Å². The lowest BCUT2D eigenvalue weighted by Crippen LogP contribution is -2.24. The van der Waals surface area contributed by atoms with E-state index in [9.17, 15) is 4.39 Å². The number of rotatable bonds is 3. The zero-order valence-corrected chi connectivity index (χ0v) is 11.4. The number of nitrogens with one attached hydrogen (secondary N) is 1. The van der Waals surface area contributed by atoms with Crippen molar-refractivity contribution < 1.29 is 4.39 Å². The molecule has 92 valence electrons. The highest BCUT2D eigenvalue weighted by Crippen LogP contribution is 2.35. The standard InChI is InChI=1S/C15H13BrFN/c16-13-6-3-7-14(17)15(13)18-9-11-8-10-4-1-2-5-12(10)11/h1-7,11,18H,8-9H2. The van der Waals surface area contributed by atoms with E-state index in [0.717, 1.165) is 17.4 Å². The summed E-state index contributed by atoms with van der Waals surface area (Å²) < 4.78 is 14.4. The van der Waals surface area contributed by atoms with Gasteiger partial charge < -0.3 is 5.32 Å². The van der Waals surface area contributed by atoms with Crippen LogP contribution in [0.4, 0.5) is 10.1 Å². The molecular weight excluding hydrogens is 293 g/mol. The van der Waals surface area contributed by atoms with Crippen LogP contribution in [0.2, 0.25) is 0 Å². The highest BCUT2D eigenvalue weighted by molar-refractivity contribution is 9.10. The Morgan fingerprint density at radius 1 is 1.17 bits per heavy atom. The SMILES string of the molecule is Fc1cccc(Br)c1NCC1Cc2ccccc21. The molecule has 0 fully saturated rings. The minimum Gasteiger partial charge on any atom is -0.381 e. The van der Waals surface area contributed by atoms with Gasteiger partial charge in [-0.1, -0.05) is 30.3 Å². The first-order chi connectivity index (χ1) is 8.75. The molecule has 0 bridgehead atoms. The quantitative estimate of drug-likeness (QED) is 0.889. The van der Waals surface area contributed by atoms with E-state index in [-0.39, 0.29) is 5.82 Å². The lowest BCUT2D eigenvalue weighted by atomic mass is 9.77. The summed E-state index contributed by atoms with van der Waals surface area (Å²) in [6.45, 7) is 0.774. The lowest BCUT2D eigenvalue weighted by Gasteiger charge is -2.30. The second-order valence-corrected chi connectivity index (χ2v) is 5.43. The van der Waals surface area contributed by atoms with Crippen LogP contribution in [0.3, 0.4) is 0 Å². The average molecular weight is 306 g/mol. The summed E-state index contributed by atoms with van der Waals surface area (Å²) in [6.07, 6.45) is 1.08. The molecule has 0 saturated carbocycles. The molecule has 0 amide bonds. The summed E-state index contributed by atoms with van der Waals surface area (Å²) in [5.74, 6) is 0.282. The molecule has 3 heteroatoms. The normalized spacial score (nSPS) is 16.9. The Hall–Kier alpha value is -1.35. The number of anilines is 1. The second kappa shape index (κ2) is 4.73. The first kappa shape index (κ1) is 11.7. The zero-order chi connectivity index (χ0) is 12.5. The minimum absolute atomic E-state index is 0.211. The van der Waals surface area contributed by atoms with Gasteiger partial charge in [-0.15, -0.1) is 0 Å². The second-order valence-electron chi connectivity index (χ2n) is 4.58. The predicted octanol–water partition coefficient (Wildman–Crippen LogP) is 4.34. The number of fused-ring (bicyclic) bond motifs is 1. The van der Waals surface area contributed by atoms with Crippen molar-refractivity contribution in [2.24, 2.45) is 0 Å². The Kier molecular flexibility index (Phi) is 3.08. The van der Waals surface area contributed by atoms with Gasteiger partial charge in [0.2, 0.25) is 0 Å². The third-order valence-corrected chi connectivity index (χ3v) is 4.11. The van der Waals surface area contributed by atoms with Gasteiger partial charge in [-0.25, -0.2) is 4.39 Å². The third kappa shape index (κ3) is 2.03. The molecule has 1 nitrogen and oxygen atoms in total. The van der Waals surface area contributed by atoms with Gasteiger partial charge in [0.05, 0.1) is 5.69 Å². The van der Waals surface area contributed by atoms with Crippen LogP contribution in [-0.4, -0.2) is 6.54 Å². The van der Waals surface area contributed by atoms with Crippen LogP contribution in [0.5, 0.6) is 0 Å². The van der Waals surface area contributed by atoms with Crippen LogP contribution in [0, 0.1) is 5.82 Å². The Balaban J connectivity index is 1.70. The topological polar surface area (TPSA) is 12.0 Å². The van der Waals surface area contributed by atoms with Gasteiger partial charge >= 0.3 is 0 Å². The molecule has 3 rings (SSSR count). The van der Waals surface area contributed by atoms with E-state index in [1.807, 2.05) is 6.07 Å². The van der Waals surface area contributed by atoms with Crippen LogP contribution in [0.1, 0.15) is 17.0 Å². The van der Waals surface area contributed by atoms with Crippen LogP contribution in [0.25, 0.3) is 0 Å². The van der Waals surface area contributed by atoms with Gasteiger partial charge in [0, 0.05) is 16.9 Å². The van der Waals surface area contributed by atoms with E-state index in [1.165, 1.54) is 17.2 Å². The monoisotopic (exact) mass is 305 g/mol. The molecule has 0 heterocycles. The summed E-state index contributed by atoms with van der Waals surface area (Å²) in [5, 5.41) is 3.20. The average Bonchev–Trinajstić information content (AvgIpc) is 2.33. The largest absolute Gasteiger partial charge is 0.381 e. The molecule has 1 aliphatic rings. The maximum Gasteiger partial charge on any atom is 0.147 e. The Labute approximate surface area is 114 Å². The van der Waals surface area contributed by atoms with Crippen molar-refractivity contribution in [2.75, 3.05) is 11.9 Å². The summed E-state index contributed by atoms with van der Waals surface area (Å²) in [7, 11) is 0. The van der Waals surface area contributed by atoms with Crippen molar-refractivity contribution in [1.82, 2.24) is 0 Å². The third-order valence-electron chi connectivity index (χ3n) is 3.45. The van der Waals surface area contributed by atoms with E-state index in [4.69, 9.17) is 0 Å². The molecular formula is C15H13BrFN. The van der Waals surface area contributed by atoms with Crippen LogP contribution in [0.15, 0.2) is 46.9 Å². The van der Waals surface area contributed by atoms with E-state index < -0.39 is 0 Å². The van der Waals surface area contributed by atoms with Gasteiger partial charge in [-0.2, -0.15) is 0 Å². The molecule has 0 aliphatic heterocycles. The van der Waals surface area contributed by atoms with Crippen LogP contribution >= 0.6 is 15.9 Å². The molecule has 2 aromatic rings. The summed E-state index contributed by atoms with van der Waals surface area (Å²) in [5.41, 5.74) is 3.36. The zero-order valence-electron chi connectivity index (χ0n) is 9.79. The van der Waals surface area contributed by atoms with Crippen molar-refractivity contribution in [2.45, 2.75) is 12.3 Å². The molecule has 0 saturated heterocycles. The fraction of sp³-hybridized carbons (Fsp3) is 0.200. The number of hydrogen-bond acceptors (Lipinski definition) is 1. The molecule has 1 atom stereocenters. The highest BCUT2D eigenvalue weighted by Gasteiger charge is 2.25. The highest BCUT2D eigenvalue weighted by atomic mass is 79.9. The molecule has 1 unspecified atom stereocenters. The maximum atomic E-state index is 13.6. The van der Waals surface area contributed by atoms with Crippen molar-refractivity contribution in [3.8, 4) is 0 Å². The van der Waals surface area contributed by atoms with Gasteiger partial charge in [-0.3, -0.25) is 0 Å². The van der Waals surface area contributed by atoms with Crippen LogP contribution < -0.4 is 5.32 Å². The minimum atomic E-state index is -0.211. The van der Waals surface area contributed by atoms with E-state index >= 15 is 0 Å². The van der Waals surface area contributed by atoms with E-state index in [1.54, 1.807) is 6.07 Å². The molecule has 0 spiro atoms. The fourth-order valence-corrected chi connectivity index (χ4v) is 2.92. The number of hydrogen-bond donors (Lipinski definition) is 1. The Bertz CT molecular complexity index is 562. The number of para-hydroxylation sites is 1. The molecule has 18 heavy (non-hydrogen) atoms. The first-order valence-electron chi connectivity index (χ1n) is 6.01. The molecule has 0 aromatic heterocycles. The lowest BCUT2D eigenvalue weighted by molar-refractivity contribution is 0.613.